The predicted molar refractivity (Wildman–Crippen MR) is 105 cm³/mol. The summed E-state index contributed by atoms with van der Waals surface area (Å²) in [5.74, 6) is -0.746. The van der Waals surface area contributed by atoms with Crippen LogP contribution in [0.2, 0.25) is 0 Å². The number of carbonyl (C=O) groups is 3. The highest BCUT2D eigenvalue weighted by Gasteiger charge is 2.36. The van der Waals surface area contributed by atoms with E-state index in [1.165, 1.54) is 0 Å². The third-order valence-corrected chi connectivity index (χ3v) is 5.22. The summed E-state index contributed by atoms with van der Waals surface area (Å²) in [5, 5.41) is 2.26. The summed E-state index contributed by atoms with van der Waals surface area (Å²) in [6.45, 7) is 5.39. The van der Waals surface area contributed by atoms with Crippen LogP contribution in [0.5, 0.6) is 0 Å². The number of carbonyl (C=O) groups excluding carboxylic acids is 3. The first-order valence-electron chi connectivity index (χ1n) is 9.03. The normalized spacial score (nSPS) is 19.1. The maximum Gasteiger partial charge on any atom is 0.294 e. The van der Waals surface area contributed by atoms with E-state index in [2.05, 4.69) is 10.2 Å². The van der Waals surface area contributed by atoms with Crippen molar-refractivity contribution in [1.29, 1.82) is 0 Å². The smallest absolute Gasteiger partial charge is 0.294 e. The summed E-state index contributed by atoms with van der Waals surface area (Å²) in [5.41, 5.74) is 1.95. The van der Waals surface area contributed by atoms with Gasteiger partial charge in [0.05, 0.1) is 18.1 Å². The minimum atomic E-state index is -0.422. The molecule has 1 aromatic rings. The number of hydrogen-bond acceptors (Lipinski definition) is 6. The molecule has 0 aliphatic carbocycles. The van der Waals surface area contributed by atoms with Crippen molar-refractivity contribution in [3.05, 3.63) is 34.7 Å². The van der Waals surface area contributed by atoms with Crippen molar-refractivity contribution in [3.8, 4) is 0 Å². The van der Waals surface area contributed by atoms with Crippen LogP contribution in [0.1, 0.15) is 18.9 Å². The highest BCUT2D eigenvalue weighted by atomic mass is 32.2. The Balaban J connectivity index is 1.65. The zero-order valence-corrected chi connectivity index (χ0v) is 16.1. The number of hydrogen-bond donors (Lipinski definition) is 1. The number of thioether (sulfide) groups is 1. The van der Waals surface area contributed by atoms with E-state index in [1.54, 1.807) is 6.08 Å². The second-order valence-corrected chi connectivity index (χ2v) is 7.30. The van der Waals surface area contributed by atoms with Crippen LogP contribution < -0.4 is 10.2 Å². The Kier molecular flexibility index (Phi) is 6.52. The Morgan fingerprint density at radius 1 is 1.22 bits per heavy atom. The van der Waals surface area contributed by atoms with Crippen molar-refractivity contribution in [1.82, 2.24) is 10.2 Å². The molecule has 144 valence electrons. The number of rotatable bonds is 6. The topological polar surface area (TPSA) is 79.0 Å². The molecule has 8 heteroatoms. The van der Waals surface area contributed by atoms with Crippen molar-refractivity contribution in [3.63, 3.8) is 0 Å². The van der Waals surface area contributed by atoms with Crippen molar-refractivity contribution in [2.45, 2.75) is 13.3 Å². The third kappa shape index (κ3) is 4.90. The average Bonchev–Trinajstić information content (AvgIpc) is 2.95. The van der Waals surface area contributed by atoms with Gasteiger partial charge in [0.25, 0.3) is 11.1 Å². The van der Waals surface area contributed by atoms with Gasteiger partial charge in [0, 0.05) is 25.3 Å². The molecule has 2 aliphatic heterocycles. The molecule has 3 amide bonds. The van der Waals surface area contributed by atoms with E-state index in [0.717, 1.165) is 60.6 Å². The molecule has 0 saturated carbocycles. The van der Waals surface area contributed by atoms with Gasteiger partial charge in [-0.2, -0.15) is 0 Å². The molecule has 2 heterocycles. The molecular weight excluding hydrogens is 366 g/mol. The number of imide groups is 1. The van der Waals surface area contributed by atoms with Crippen LogP contribution in [0.3, 0.4) is 0 Å². The third-order valence-electron chi connectivity index (χ3n) is 4.31. The number of ether oxygens (including phenoxy) is 1. The molecule has 0 bridgehead atoms. The van der Waals surface area contributed by atoms with Gasteiger partial charge in [-0.1, -0.05) is 19.1 Å². The molecule has 0 unspecified atom stereocenters. The highest BCUT2D eigenvalue weighted by molar-refractivity contribution is 8.18. The van der Waals surface area contributed by atoms with Crippen LogP contribution in [-0.4, -0.2) is 61.3 Å². The fraction of sp³-hybridized carbons (Fsp3) is 0.421. The molecule has 2 saturated heterocycles. The van der Waals surface area contributed by atoms with E-state index in [0.29, 0.717) is 11.4 Å². The van der Waals surface area contributed by atoms with E-state index in [4.69, 9.17) is 4.74 Å². The number of morpholine rings is 1. The molecule has 2 aliphatic rings. The molecule has 7 nitrogen and oxygen atoms in total. The molecule has 0 aromatic heterocycles. The lowest BCUT2D eigenvalue weighted by atomic mass is 10.1. The fourth-order valence-corrected chi connectivity index (χ4v) is 3.69. The van der Waals surface area contributed by atoms with Crippen molar-refractivity contribution < 1.29 is 19.1 Å². The first kappa shape index (κ1) is 19.4. The molecule has 0 spiro atoms. The summed E-state index contributed by atoms with van der Waals surface area (Å²) >= 11 is 0.866. The first-order chi connectivity index (χ1) is 13.1. The van der Waals surface area contributed by atoms with Crippen molar-refractivity contribution >= 4 is 40.6 Å². The summed E-state index contributed by atoms with van der Waals surface area (Å²) in [6.07, 6.45) is 2.49. The van der Waals surface area contributed by atoms with Gasteiger partial charge in [-0.25, -0.2) is 0 Å². The lowest BCUT2D eigenvalue weighted by Gasteiger charge is -2.28. The number of anilines is 1. The number of amides is 3. The maximum absolute atomic E-state index is 12.5. The van der Waals surface area contributed by atoms with E-state index >= 15 is 0 Å². The Morgan fingerprint density at radius 2 is 1.93 bits per heavy atom. The number of nitrogens with one attached hydrogen (secondary N) is 1. The van der Waals surface area contributed by atoms with Crippen molar-refractivity contribution in [2.24, 2.45) is 0 Å². The van der Waals surface area contributed by atoms with Gasteiger partial charge in [-0.3, -0.25) is 19.3 Å². The van der Waals surface area contributed by atoms with Gasteiger partial charge in [0.2, 0.25) is 5.91 Å². The monoisotopic (exact) mass is 389 g/mol. The summed E-state index contributed by atoms with van der Waals surface area (Å²) < 4.78 is 5.36. The van der Waals surface area contributed by atoms with Gasteiger partial charge in [-0.15, -0.1) is 0 Å². The van der Waals surface area contributed by atoms with Gasteiger partial charge in [-0.05, 0) is 42.0 Å². The standard InChI is InChI=1S/C19H23N3O4S/c1-2-7-20-17(23)13-22-18(24)16(27-19(22)25)12-14-3-5-15(6-4-14)21-8-10-26-11-9-21/h3-6,12H,2,7-11,13H2,1H3,(H,20,23)/b16-12-. The Morgan fingerprint density at radius 3 is 2.59 bits per heavy atom. The van der Waals surface area contributed by atoms with Crippen LogP contribution in [-0.2, 0) is 14.3 Å². The maximum atomic E-state index is 12.5. The van der Waals surface area contributed by atoms with Gasteiger partial charge in [0.15, 0.2) is 0 Å². The summed E-state index contributed by atoms with van der Waals surface area (Å²) in [4.78, 5) is 39.9. The predicted octanol–water partition coefficient (Wildman–Crippen LogP) is 2.09. The molecule has 0 radical (unpaired) electrons. The lowest BCUT2D eigenvalue weighted by Crippen LogP contribution is -2.39. The minimum Gasteiger partial charge on any atom is -0.378 e. The number of nitrogens with zero attached hydrogens (tertiary/aromatic N) is 2. The van der Waals surface area contributed by atoms with E-state index < -0.39 is 11.1 Å². The quantitative estimate of drug-likeness (QED) is 0.751. The molecule has 27 heavy (non-hydrogen) atoms. The zero-order valence-electron chi connectivity index (χ0n) is 15.3. The van der Waals surface area contributed by atoms with E-state index in [-0.39, 0.29) is 12.5 Å². The molecule has 0 atom stereocenters. The molecule has 1 N–H and O–H groups in total. The van der Waals surface area contributed by atoms with Crippen LogP contribution in [0, 0.1) is 0 Å². The SMILES string of the molecule is CCCNC(=O)CN1C(=O)S/C(=C\c2ccc(N3CCOCC3)cc2)C1=O. The second-order valence-electron chi connectivity index (χ2n) is 6.31. The van der Waals surface area contributed by atoms with Crippen LogP contribution in [0.15, 0.2) is 29.2 Å². The summed E-state index contributed by atoms with van der Waals surface area (Å²) in [6, 6.07) is 7.85. The largest absolute Gasteiger partial charge is 0.378 e. The van der Waals surface area contributed by atoms with Gasteiger partial charge >= 0.3 is 0 Å². The average molecular weight is 389 g/mol. The Hall–Kier alpha value is -2.32. The summed E-state index contributed by atoms with van der Waals surface area (Å²) in [7, 11) is 0. The minimum absolute atomic E-state index is 0.238. The van der Waals surface area contributed by atoms with Gasteiger partial charge in [0.1, 0.15) is 6.54 Å². The first-order valence-corrected chi connectivity index (χ1v) is 9.85. The lowest BCUT2D eigenvalue weighted by molar-refractivity contribution is -0.129. The Labute approximate surface area is 162 Å². The van der Waals surface area contributed by atoms with E-state index in [9.17, 15) is 14.4 Å². The Bertz CT molecular complexity index is 742. The van der Waals surface area contributed by atoms with Crippen LogP contribution in [0.25, 0.3) is 6.08 Å². The van der Waals surface area contributed by atoms with Crippen molar-refractivity contribution in [2.75, 3.05) is 44.3 Å². The molecule has 2 fully saturated rings. The molecule has 3 rings (SSSR count). The molecular formula is C19H23N3O4S. The van der Waals surface area contributed by atoms with Gasteiger partial charge < -0.3 is 15.0 Å². The van der Waals surface area contributed by atoms with E-state index in [1.807, 2.05) is 31.2 Å². The fourth-order valence-electron chi connectivity index (χ4n) is 2.85. The molecule has 1 aromatic carbocycles. The second kappa shape index (κ2) is 9.05. The van der Waals surface area contributed by atoms with Crippen LogP contribution in [0.4, 0.5) is 10.5 Å². The number of benzene rings is 1. The zero-order chi connectivity index (χ0) is 19.2. The highest BCUT2D eigenvalue weighted by Crippen LogP contribution is 2.32. The van der Waals surface area contributed by atoms with Crippen LogP contribution >= 0.6 is 11.8 Å².